The van der Waals surface area contributed by atoms with E-state index in [0.29, 0.717) is 18.5 Å². The average Bonchev–Trinajstić information content (AvgIpc) is 2.15. The van der Waals surface area contributed by atoms with Gasteiger partial charge in [0.15, 0.2) is 0 Å². The average molecular weight is 225 g/mol. The molecule has 1 amide bonds. The first-order valence-electron chi connectivity index (χ1n) is 4.95. The lowest BCUT2D eigenvalue weighted by molar-refractivity contribution is -0.118. The van der Waals surface area contributed by atoms with E-state index in [1.807, 2.05) is 0 Å². The molecule has 0 spiro atoms. The van der Waals surface area contributed by atoms with Crippen LogP contribution in [0, 0.1) is 11.6 Å². The third-order valence-electron chi connectivity index (χ3n) is 1.88. The highest BCUT2D eigenvalue weighted by Gasteiger charge is 1.96. The van der Waals surface area contributed by atoms with E-state index in [1.54, 1.807) is 12.2 Å². The van der Waals surface area contributed by atoms with Crippen molar-refractivity contribution < 1.29 is 13.6 Å². The number of halogens is 2. The summed E-state index contributed by atoms with van der Waals surface area (Å²) < 4.78 is 25.6. The van der Waals surface area contributed by atoms with Crippen molar-refractivity contribution in [2.75, 3.05) is 6.54 Å². The fourth-order valence-corrected chi connectivity index (χ4v) is 1.22. The summed E-state index contributed by atoms with van der Waals surface area (Å²) in [4.78, 5) is 10.5. The van der Waals surface area contributed by atoms with Crippen LogP contribution in [0.15, 0.2) is 24.3 Å². The molecule has 0 aliphatic rings. The number of carbonyl (C=O) groups excluding carboxylic acids is 1. The third kappa shape index (κ3) is 4.68. The fourth-order valence-electron chi connectivity index (χ4n) is 1.22. The number of hydrogen-bond donors (Lipinski definition) is 1. The van der Waals surface area contributed by atoms with Crippen molar-refractivity contribution in [2.45, 2.75) is 13.3 Å². The molecule has 16 heavy (non-hydrogen) atoms. The van der Waals surface area contributed by atoms with Gasteiger partial charge in [-0.1, -0.05) is 12.2 Å². The number of hydrogen-bond acceptors (Lipinski definition) is 1. The van der Waals surface area contributed by atoms with Crippen LogP contribution in [0.3, 0.4) is 0 Å². The Balaban J connectivity index is 2.46. The summed E-state index contributed by atoms with van der Waals surface area (Å²) in [5.41, 5.74) is 0.473. The lowest BCUT2D eigenvalue weighted by atomic mass is 10.2. The normalized spacial score (nSPS) is 10.7. The number of rotatable bonds is 4. The number of nitrogens with one attached hydrogen (secondary N) is 1. The maximum absolute atomic E-state index is 12.8. The molecule has 0 bridgehead atoms. The van der Waals surface area contributed by atoms with E-state index in [0.717, 1.165) is 6.07 Å². The Kier molecular flexibility index (Phi) is 4.64. The van der Waals surface area contributed by atoms with Gasteiger partial charge < -0.3 is 5.32 Å². The van der Waals surface area contributed by atoms with Crippen LogP contribution in [0.2, 0.25) is 0 Å². The monoisotopic (exact) mass is 225 g/mol. The topological polar surface area (TPSA) is 29.1 Å². The molecule has 2 nitrogen and oxygen atoms in total. The second kappa shape index (κ2) is 6.00. The highest BCUT2D eigenvalue weighted by atomic mass is 19.1. The molecule has 0 aromatic heterocycles. The first-order chi connectivity index (χ1) is 7.58. The highest BCUT2D eigenvalue weighted by Crippen LogP contribution is 2.09. The molecular formula is C12H13F2NO. The standard InChI is InChI=1S/C12H13F2NO/c1-9(16)15-5-3-2-4-10-6-11(13)8-12(14)7-10/h2,4,6-8H,3,5H2,1H3,(H,15,16). The van der Waals surface area contributed by atoms with E-state index in [-0.39, 0.29) is 5.91 Å². The second-order valence-corrected chi connectivity index (χ2v) is 3.38. The largest absolute Gasteiger partial charge is 0.356 e. The summed E-state index contributed by atoms with van der Waals surface area (Å²) in [5.74, 6) is -1.28. The molecule has 1 aromatic rings. The quantitative estimate of drug-likeness (QED) is 0.784. The molecule has 1 N–H and O–H groups in total. The van der Waals surface area contributed by atoms with Crippen molar-refractivity contribution in [3.63, 3.8) is 0 Å². The van der Waals surface area contributed by atoms with Gasteiger partial charge in [0.1, 0.15) is 11.6 Å². The van der Waals surface area contributed by atoms with E-state index in [2.05, 4.69) is 5.32 Å². The van der Waals surface area contributed by atoms with Gasteiger partial charge in [0, 0.05) is 19.5 Å². The lowest BCUT2D eigenvalue weighted by Crippen LogP contribution is -2.20. The predicted molar refractivity (Wildman–Crippen MR) is 58.7 cm³/mol. The molecule has 0 aliphatic carbocycles. The Labute approximate surface area is 93.0 Å². The smallest absolute Gasteiger partial charge is 0.216 e. The van der Waals surface area contributed by atoms with Gasteiger partial charge in [-0.15, -0.1) is 0 Å². The van der Waals surface area contributed by atoms with Crippen molar-refractivity contribution in [3.8, 4) is 0 Å². The Bertz CT molecular complexity index is 382. The van der Waals surface area contributed by atoms with Gasteiger partial charge in [-0.05, 0) is 24.1 Å². The molecule has 0 atom stereocenters. The zero-order valence-electron chi connectivity index (χ0n) is 8.97. The molecule has 0 saturated heterocycles. The summed E-state index contributed by atoms with van der Waals surface area (Å²) in [6.07, 6.45) is 4.00. The van der Waals surface area contributed by atoms with Crippen molar-refractivity contribution in [1.82, 2.24) is 5.32 Å². The minimum absolute atomic E-state index is 0.0924. The van der Waals surface area contributed by atoms with Crippen LogP contribution in [0.1, 0.15) is 18.9 Å². The maximum atomic E-state index is 12.8. The molecule has 0 radical (unpaired) electrons. The first kappa shape index (κ1) is 12.4. The summed E-state index contributed by atoms with van der Waals surface area (Å²) >= 11 is 0. The third-order valence-corrected chi connectivity index (χ3v) is 1.88. The molecule has 0 heterocycles. The zero-order chi connectivity index (χ0) is 12.0. The summed E-state index contributed by atoms with van der Waals surface area (Å²) in [6.45, 7) is 1.95. The Morgan fingerprint density at radius 3 is 2.50 bits per heavy atom. The van der Waals surface area contributed by atoms with E-state index in [1.165, 1.54) is 19.1 Å². The lowest BCUT2D eigenvalue weighted by Gasteiger charge is -1.97. The first-order valence-corrected chi connectivity index (χ1v) is 4.95. The molecule has 1 rings (SSSR count). The molecule has 86 valence electrons. The number of carbonyl (C=O) groups is 1. The van der Waals surface area contributed by atoms with E-state index >= 15 is 0 Å². The van der Waals surface area contributed by atoms with Gasteiger partial charge in [0.2, 0.25) is 5.91 Å². The highest BCUT2D eigenvalue weighted by molar-refractivity contribution is 5.72. The van der Waals surface area contributed by atoms with Crippen molar-refractivity contribution in [2.24, 2.45) is 0 Å². The molecule has 1 aromatic carbocycles. The van der Waals surface area contributed by atoms with Crippen molar-refractivity contribution in [3.05, 3.63) is 41.5 Å². The Morgan fingerprint density at radius 1 is 1.31 bits per heavy atom. The van der Waals surface area contributed by atoms with Crippen LogP contribution >= 0.6 is 0 Å². The van der Waals surface area contributed by atoms with Crippen LogP contribution in [-0.2, 0) is 4.79 Å². The maximum Gasteiger partial charge on any atom is 0.216 e. The van der Waals surface area contributed by atoms with Crippen LogP contribution in [-0.4, -0.2) is 12.5 Å². The number of amides is 1. The van der Waals surface area contributed by atoms with Crippen LogP contribution in [0.5, 0.6) is 0 Å². The molecular weight excluding hydrogens is 212 g/mol. The Hall–Kier alpha value is -1.71. The summed E-state index contributed by atoms with van der Waals surface area (Å²) in [6, 6.07) is 3.32. The summed E-state index contributed by atoms with van der Waals surface area (Å²) in [7, 11) is 0. The van der Waals surface area contributed by atoms with Gasteiger partial charge in [-0.25, -0.2) is 8.78 Å². The number of benzene rings is 1. The minimum atomic E-state index is -0.596. The Morgan fingerprint density at radius 2 is 1.94 bits per heavy atom. The summed E-state index contributed by atoms with van der Waals surface area (Å²) in [5, 5.41) is 2.62. The van der Waals surface area contributed by atoms with Gasteiger partial charge in [-0.3, -0.25) is 4.79 Å². The zero-order valence-corrected chi connectivity index (χ0v) is 8.97. The van der Waals surface area contributed by atoms with Gasteiger partial charge in [-0.2, -0.15) is 0 Å². The molecule has 0 fully saturated rings. The van der Waals surface area contributed by atoms with Crippen LogP contribution in [0.4, 0.5) is 8.78 Å². The molecule has 4 heteroatoms. The molecule has 0 aliphatic heterocycles. The molecule has 0 unspecified atom stereocenters. The fraction of sp³-hybridized carbons (Fsp3) is 0.250. The van der Waals surface area contributed by atoms with Gasteiger partial charge in [0.25, 0.3) is 0 Å². The van der Waals surface area contributed by atoms with Gasteiger partial charge >= 0.3 is 0 Å². The molecule has 0 saturated carbocycles. The second-order valence-electron chi connectivity index (χ2n) is 3.38. The van der Waals surface area contributed by atoms with Crippen LogP contribution in [0.25, 0.3) is 6.08 Å². The van der Waals surface area contributed by atoms with Crippen molar-refractivity contribution >= 4 is 12.0 Å². The van der Waals surface area contributed by atoms with E-state index in [9.17, 15) is 13.6 Å². The SMILES string of the molecule is CC(=O)NCCC=Cc1cc(F)cc(F)c1. The minimum Gasteiger partial charge on any atom is -0.356 e. The van der Waals surface area contributed by atoms with Crippen LogP contribution < -0.4 is 5.32 Å². The van der Waals surface area contributed by atoms with Crippen molar-refractivity contribution in [1.29, 1.82) is 0 Å². The van der Waals surface area contributed by atoms with Gasteiger partial charge in [0.05, 0.1) is 0 Å². The van der Waals surface area contributed by atoms with E-state index in [4.69, 9.17) is 0 Å². The predicted octanol–water partition coefficient (Wildman–Crippen LogP) is 2.50. The van der Waals surface area contributed by atoms with E-state index < -0.39 is 11.6 Å².